The Labute approximate surface area is 98.8 Å². The molecule has 18 heavy (non-hydrogen) atoms. The molecule has 8 nitrogen and oxygen atoms in total. The molecule has 0 saturated carbocycles. The van der Waals surface area contributed by atoms with Gasteiger partial charge in [0.2, 0.25) is 0 Å². The second-order valence-electron chi connectivity index (χ2n) is 3.36. The van der Waals surface area contributed by atoms with Crippen molar-refractivity contribution < 1.29 is 30.0 Å². The van der Waals surface area contributed by atoms with Gasteiger partial charge in [0.1, 0.15) is 0 Å². The van der Waals surface area contributed by atoms with E-state index in [0.717, 1.165) is 12.1 Å². The smallest absolute Gasteiger partial charge is 0.357 e. The van der Waals surface area contributed by atoms with Gasteiger partial charge in [-0.2, -0.15) is 0 Å². The van der Waals surface area contributed by atoms with Gasteiger partial charge < -0.3 is 20.4 Å². The van der Waals surface area contributed by atoms with E-state index in [2.05, 4.69) is 9.97 Å². The third-order valence-corrected chi connectivity index (χ3v) is 2.17. The summed E-state index contributed by atoms with van der Waals surface area (Å²) in [5.74, 6) is -4.10. The number of aromatic nitrogens is 2. The van der Waals surface area contributed by atoms with Gasteiger partial charge in [-0.15, -0.1) is 0 Å². The molecule has 0 aliphatic carbocycles. The Morgan fingerprint density at radius 3 is 1.44 bits per heavy atom. The van der Waals surface area contributed by atoms with Crippen molar-refractivity contribution >= 4 is 23.0 Å². The zero-order valence-corrected chi connectivity index (χ0v) is 8.65. The molecule has 0 aliphatic rings. The normalized spacial score (nSPS) is 10.4. The summed E-state index contributed by atoms with van der Waals surface area (Å²) in [7, 11) is 0. The lowest BCUT2D eigenvalue weighted by atomic mass is 10.2. The second kappa shape index (κ2) is 3.84. The van der Waals surface area contributed by atoms with Crippen molar-refractivity contribution in [2.45, 2.75) is 0 Å². The molecule has 0 atom stereocenters. The highest BCUT2D eigenvalue weighted by Crippen LogP contribution is 2.28. The monoisotopic (exact) mass is 250 g/mol. The summed E-state index contributed by atoms with van der Waals surface area (Å²) in [6.45, 7) is 0. The van der Waals surface area contributed by atoms with E-state index in [-0.39, 0.29) is 11.0 Å². The summed E-state index contributed by atoms with van der Waals surface area (Å²) in [6, 6.07) is 1.99. The summed E-state index contributed by atoms with van der Waals surface area (Å²) in [5, 5.41) is 36.1. The molecule has 1 aromatic heterocycles. The number of rotatable bonds is 2. The van der Waals surface area contributed by atoms with E-state index in [9.17, 15) is 19.8 Å². The molecule has 1 heterocycles. The molecule has 0 unspecified atom stereocenters. The Hall–Kier alpha value is -2.90. The highest BCUT2D eigenvalue weighted by atomic mass is 16.4. The average Bonchev–Trinajstić information content (AvgIpc) is 2.28. The van der Waals surface area contributed by atoms with Gasteiger partial charge in [0.15, 0.2) is 22.9 Å². The van der Waals surface area contributed by atoms with Crippen LogP contribution in [0.25, 0.3) is 11.0 Å². The minimum Gasteiger partial charge on any atom is -0.504 e. The molecule has 0 bridgehead atoms. The Morgan fingerprint density at radius 2 is 1.17 bits per heavy atom. The number of carboxylic acid groups (broad SMARTS) is 2. The van der Waals surface area contributed by atoms with Gasteiger partial charge in [0.05, 0.1) is 11.0 Å². The Morgan fingerprint density at radius 1 is 0.833 bits per heavy atom. The lowest BCUT2D eigenvalue weighted by molar-refractivity contribution is 0.0642. The number of nitrogens with zero attached hydrogens (tertiary/aromatic N) is 2. The Kier molecular flexibility index (Phi) is 2.47. The maximum Gasteiger partial charge on any atom is 0.357 e. The number of benzene rings is 1. The van der Waals surface area contributed by atoms with E-state index in [0.29, 0.717) is 0 Å². The number of carboxylic acids is 2. The van der Waals surface area contributed by atoms with E-state index in [1.54, 1.807) is 0 Å². The average molecular weight is 250 g/mol. The van der Waals surface area contributed by atoms with E-state index in [1.165, 1.54) is 0 Å². The summed E-state index contributed by atoms with van der Waals surface area (Å²) in [4.78, 5) is 28.9. The highest BCUT2D eigenvalue weighted by Gasteiger charge is 2.21. The largest absolute Gasteiger partial charge is 0.504 e. The minimum atomic E-state index is -1.55. The van der Waals surface area contributed by atoms with Crippen LogP contribution in [0.1, 0.15) is 21.0 Å². The van der Waals surface area contributed by atoms with Crippen molar-refractivity contribution in [3.8, 4) is 11.5 Å². The first kappa shape index (κ1) is 11.6. The molecule has 0 spiro atoms. The molecular formula is C10H6N2O6. The molecule has 1 aromatic carbocycles. The van der Waals surface area contributed by atoms with E-state index >= 15 is 0 Å². The van der Waals surface area contributed by atoms with Crippen LogP contribution in [-0.2, 0) is 0 Å². The highest BCUT2D eigenvalue weighted by molar-refractivity contribution is 6.00. The summed E-state index contributed by atoms with van der Waals surface area (Å²) in [6.07, 6.45) is 0. The molecule has 0 fully saturated rings. The number of carbonyl (C=O) groups is 2. The number of fused-ring (bicyclic) bond motifs is 1. The van der Waals surface area contributed by atoms with Crippen LogP contribution in [0, 0.1) is 0 Å². The first-order valence-corrected chi connectivity index (χ1v) is 4.60. The molecule has 0 aliphatic heterocycles. The van der Waals surface area contributed by atoms with E-state index in [1.807, 2.05) is 0 Å². The van der Waals surface area contributed by atoms with Crippen molar-refractivity contribution in [1.82, 2.24) is 9.97 Å². The van der Waals surface area contributed by atoms with Crippen LogP contribution >= 0.6 is 0 Å². The third kappa shape index (κ3) is 1.75. The maximum absolute atomic E-state index is 10.8. The molecule has 0 amide bonds. The fourth-order valence-corrected chi connectivity index (χ4v) is 1.38. The van der Waals surface area contributed by atoms with Crippen LogP contribution in [0.4, 0.5) is 0 Å². The van der Waals surface area contributed by atoms with Crippen molar-refractivity contribution in [1.29, 1.82) is 0 Å². The quantitative estimate of drug-likeness (QED) is 0.562. The minimum absolute atomic E-state index is 0.0345. The number of hydrogen-bond acceptors (Lipinski definition) is 6. The van der Waals surface area contributed by atoms with Crippen molar-refractivity contribution in [2.24, 2.45) is 0 Å². The topological polar surface area (TPSA) is 141 Å². The Balaban J connectivity index is 2.84. The standard InChI is InChI=1S/C10H6N2O6/c13-5-1-3-4(2-6(5)14)12-8(10(17)18)7(11-3)9(15)16/h1-2,13-14H,(H,15,16)(H,17,18). The first-order valence-electron chi connectivity index (χ1n) is 4.60. The van der Waals surface area contributed by atoms with E-state index in [4.69, 9.17) is 10.2 Å². The van der Waals surface area contributed by atoms with Crippen LogP contribution < -0.4 is 0 Å². The fraction of sp³-hybridized carbons (Fsp3) is 0. The molecular weight excluding hydrogens is 244 g/mol. The van der Waals surface area contributed by atoms with Gasteiger partial charge in [-0.3, -0.25) is 0 Å². The van der Waals surface area contributed by atoms with Crippen molar-refractivity contribution in [2.75, 3.05) is 0 Å². The number of phenolic OH excluding ortho intramolecular Hbond substituents is 2. The predicted octanol–water partition coefficient (Wildman–Crippen LogP) is 0.437. The molecule has 0 radical (unpaired) electrons. The summed E-state index contributed by atoms with van der Waals surface area (Å²) in [5.41, 5.74) is -1.54. The molecule has 0 saturated heterocycles. The number of aromatic hydroxyl groups is 2. The summed E-state index contributed by atoms with van der Waals surface area (Å²) >= 11 is 0. The molecule has 2 aromatic rings. The van der Waals surface area contributed by atoms with Crippen LogP contribution in [-0.4, -0.2) is 42.3 Å². The van der Waals surface area contributed by atoms with Gasteiger partial charge in [0.25, 0.3) is 0 Å². The second-order valence-corrected chi connectivity index (χ2v) is 3.36. The van der Waals surface area contributed by atoms with Crippen LogP contribution in [0.3, 0.4) is 0 Å². The van der Waals surface area contributed by atoms with Crippen LogP contribution in [0.2, 0.25) is 0 Å². The van der Waals surface area contributed by atoms with Gasteiger partial charge >= 0.3 is 11.9 Å². The van der Waals surface area contributed by atoms with Gasteiger partial charge in [0, 0.05) is 12.1 Å². The third-order valence-electron chi connectivity index (χ3n) is 2.17. The Bertz CT molecular complexity index is 623. The van der Waals surface area contributed by atoms with Crippen molar-refractivity contribution in [3.63, 3.8) is 0 Å². The summed E-state index contributed by atoms with van der Waals surface area (Å²) < 4.78 is 0. The van der Waals surface area contributed by atoms with E-state index < -0.39 is 34.8 Å². The fourth-order valence-electron chi connectivity index (χ4n) is 1.38. The SMILES string of the molecule is O=C(O)c1nc2cc(O)c(O)cc2nc1C(=O)O. The zero-order chi connectivity index (χ0) is 13.4. The lowest BCUT2D eigenvalue weighted by Gasteiger charge is -2.04. The van der Waals surface area contributed by atoms with Gasteiger partial charge in [-0.1, -0.05) is 0 Å². The predicted molar refractivity (Wildman–Crippen MR) is 56.8 cm³/mol. The maximum atomic E-state index is 10.8. The zero-order valence-electron chi connectivity index (χ0n) is 8.65. The molecule has 2 rings (SSSR count). The molecule has 92 valence electrons. The van der Waals surface area contributed by atoms with Gasteiger partial charge in [-0.05, 0) is 0 Å². The van der Waals surface area contributed by atoms with Crippen LogP contribution in [0.5, 0.6) is 11.5 Å². The van der Waals surface area contributed by atoms with Gasteiger partial charge in [-0.25, -0.2) is 19.6 Å². The number of phenols is 2. The van der Waals surface area contributed by atoms with Crippen LogP contribution in [0.15, 0.2) is 12.1 Å². The molecule has 4 N–H and O–H groups in total. The lowest BCUT2D eigenvalue weighted by Crippen LogP contribution is -2.13. The first-order chi connectivity index (χ1) is 8.40. The molecule has 8 heteroatoms. The van der Waals surface area contributed by atoms with Crippen molar-refractivity contribution in [3.05, 3.63) is 23.5 Å². The number of hydrogen-bond donors (Lipinski definition) is 4. The number of aromatic carboxylic acids is 2.